The fraction of sp³-hybridized carbons (Fsp3) is 0. The van der Waals surface area contributed by atoms with Crippen LogP contribution in [0.25, 0.3) is 10.8 Å². The van der Waals surface area contributed by atoms with Crippen molar-refractivity contribution < 1.29 is 14.7 Å². The number of carboxylic acid groups (broad SMARTS) is 1. The summed E-state index contributed by atoms with van der Waals surface area (Å²) in [5.41, 5.74) is 0.758. The third-order valence-electron chi connectivity index (χ3n) is 2.12. The molecule has 2 aromatic rings. The van der Waals surface area contributed by atoms with E-state index in [9.17, 15) is 9.59 Å². The van der Waals surface area contributed by atoms with Crippen LogP contribution in [-0.4, -0.2) is 17.4 Å². The molecule has 0 aliphatic rings. The van der Waals surface area contributed by atoms with Gasteiger partial charge in [-0.25, -0.2) is 4.79 Å². The van der Waals surface area contributed by atoms with E-state index < -0.39 is 5.97 Å². The molecular formula is C14H12O3. The molecule has 3 nitrogen and oxygen atoms in total. The maximum Gasteiger partial charge on any atom is 0.327 e. The van der Waals surface area contributed by atoms with Gasteiger partial charge < -0.3 is 5.11 Å². The first kappa shape index (κ1) is 12.6. The summed E-state index contributed by atoms with van der Waals surface area (Å²) in [7, 11) is 0. The number of carbonyl (C=O) groups is 2. The second-order valence-electron chi connectivity index (χ2n) is 3.23. The van der Waals surface area contributed by atoms with Crippen molar-refractivity contribution in [3.8, 4) is 0 Å². The third-order valence-corrected chi connectivity index (χ3v) is 2.12. The molecule has 0 aromatic heterocycles. The Labute approximate surface area is 99.0 Å². The fourth-order valence-corrected chi connectivity index (χ4v) is 1.35. The Morgan fingerprint density at radius 1 is 1.12 bits per heavy atom. The molecule has 0 radical (unpaired) electrons. The molecule has 2 rings (SSSR count). The van der Waals surface area contributed by atoms with Crippen molar-refractivity contribution in [2.45, 2.75) is 0 Å². The van der Waals surface area contributed by atoms with Gasteiger partial charge >= 0.3 is 5.97 Å². The van der Waals surface area contributed by atoms with Crippen LogP contribution in [0.5, 0.6) is 0 Å². The highest BCUT2D eigenvalue weighted by Gasteiger charge is 1.96. The van der Waals surface area contributed by atoms with E-state index >= 15 is 0 Å². The lowest BCUT2D eigenvalue weighted by Gasteiger charge is -1.98. The summed E-state index contributed by atoms with van der Waals surface area (Å²) in [5, 5.41) is 9.74. The molecule has 1 N–H and O–H groups in total. The van der Waals surface area contributed by atoms with Crippen molar-refractivity contribution in [2.24, 2.45) is 0 Å². The predicted octanol–water partition coefficient (Wildman–Crippen LogP) is 2.91. The summed E-state index contributed by atoms with van der Waals surface area (Å²) >= 11 is 0. The van der Waals surface area contributed by atoms with E-state index in [2.05, 4.69) is 6.58 Å². The molecule has 2 aromatic carbocycles. The van der Waals surface area contributed by atoms with Crippen molar-refractivity contribution in [1.29, 1.82) is 0 Å². The number of fused-ring (bicyclic) bond motifs is 1. The highest BCUT2D eigenvalue weighted by atomic mass is 16.4. The van der Waals surface area contributed by atoms with E-state index in [-0.39, 0.29) is 0 Å². The van der Waals surface area contributed by atoms with Gasteiger partial charge in [-0.3, -0.25) is 4.79 Å². The summed E-state index contributed by atoms with van der Waals surface area (Å²) in [6.45, 7) is 2.96. The Morgan fingerprint density at radius 2 is 1.71 bits per heavy atom. The van der Waals surface area contributed by atoms with E-state index in [0.717, 1.165) is 28.7 Å². The van der Waals surface area contributed by atoms with Crippen LogP contribution in [0.2, 0.25) is 0 Å². The molecule has 0 saturated heterocycles. The van der Waals surface area contributed by atoms with Gasteiger partial charge in [-0.15, -0.1) is 0 Å². The summed E-state index contributed by atoms with van der Waals surface area (Å²) in [4.78, 5) is 19.9. The van der Waals surface area contributed by atoms with Gasteiger partial charge in [-0.2, -0.15) is 0 Å². The van der Waals surface area contributed by atoms with Gasteiger partial charge in [-0.1, -0.05) is 49.0 Å². The standard InChI is InChI=1S/C11H8O.C3H4O2/c12-8-10-6-3-5-9-4-1-2-7-11(9)10;1-2-3(4)5/h1-8H;2H,1H2,(H,4,5). The summed E-state index contributed by atoms with van der Waals surface area (Å²) in [6.07, 6.45) is 1.72. The van der Waals surface area contributed by atoms with Gasteiger partial charge in [0.25, 0.3) is 0 Å². The molecule has 0 aliphatic carbocycles. The lowest BCUT2D eigenvalue weighted by Crippen LogP contribution is -1.82. The number of rotatable bonds is 2. The zero-order valence-electron chi connectivity index (χ0n) is 9.17. The Kier molecular flexibility index (Phi) is 4.63. The summed E-state index contributed by atoms with van der Waals surface area (Å²) < 4.78 is 0. The molecule has 0 saturated carbocycles. The highest BCUT2D eigenvalue weighted by molar-refractivity contribution is 5.97. The molecule has 0 spiro atoms. The van der Waals surface area contributed by atoms with Crippen molar-refractivity contribution in [3.63, 3.8) is 0 Å². The number of aldehydes is 1. The SMILES string of the molecule is C=CC(=O)O.O=Cc1cccc2ccccc12. The molecule has 0 bridgehead atoms. The average Bonchev–Trinajstić information content (AvgIpc) is 2.38. The molecule has 0 aliphatic heterocycles. The number of aliphatic carboxylic acids is 1. The van der Waals surface area contributed by atoms with E-state index in [1.165, 1.54) is 0 Å². The zero-order chi connectivity index (χ0) is 12.7. The second-order valence-corrected chi connectivity index (χ2v) is 3.23. The maximum absolute atomic E-state index is 10.6. The lowest BCUT2D eigenvalue weighted by atomic mass is 10.1. The van der Waals surface area contributed by atoms with Crippen LogP contribution >= 0.6 is 0 Å². The number of carbonyl (C=O) groups excluding carboxylic acids is 1. The van der Waals surface area contributed by atoms with E-state index in [1.54, 1.807) is 0 Å². The zero-order valence-corrected chi connectivity index (χ0v) is 9.17. The van der Waals surface area contributed by atoms with E-state index in [4.69, 9.17) is 5.11 Å². The molecule has 17 heavy (non-hydrogen) atoms. The summed E-state index contributed by atoms with van der Waals surface area (Å²) in [6, 6.07) is 13.6. The minimum atomic E-state index is -0.981. The number of hydrogen-bond acceptors (Lipinski definition) is 2. The Morgan fingerprint density at radius 3 is 2.29 bits per heavy atom. The van der Waals surface area contributed by atoms with Gasteiger partial charge in [0.05, 0.1) is 0 Å². The first-order valence-corrected chi connectivity index (χ1v) is 4.97. The first-order valence-electron chi connectivity index (χ1n) is 4.97. The van der Waals surface area contributed by atoms with Crippen molar-refractivity contribution in [3.05, 3.63) is 60.7 Å². The molecule has 0 fully saturated rings. The van der Waals surface area contributed by atoms with Crippen molar-refractivity contribution >= 4 is 23.0 Å². The molecule has 0 unspecified atom stereocenters. The topological polar surface area (TPSA) is 54.4 Å². The first-order chi connectivity index (χ1) is 8.19. The fourth-order valence-electron chi connectivity index (χ4n) is 1.35. The van der Waals surface area contributed by atoms with Crippen LogP contribution < -0.4 is 0 Å². The van der Waals surface area contributed by atoms with Gasteiger partial charge in [0.2, 0.25) is 0 Å². The maximum atomic E-state index is 10.6. The second kappa shape index (κ2) is 6.23. The smallest absolute Gasteiger partial charge is 0.327 e. The monoisotopic (exact) mass is 228 g/mol. The van der Waals surface area contributed by atoms with Gasteiger partial charge in [0, 0.05) is 11.6 Å². The van der Waals surface area contributed by atoms with E-state index in [1.807, 2.05) is 42.5 Å². The Balaban J connectivity index is 0.000000249. The number of carboxylic acids is 1. The van der Waals surface area contributed by atoms with Crippen molar-refractivity contribution in [1.82, 2.24) is 0 Å². The van der Waals surface area contributed by atoms with Gasteiger partial charge in [0.1, 0.15) is 0 Å². The van der Waals surface area contributed by atoms with Crippen LogP contribution in [0, 0.1) is 0 Å². The number of hydrogen-bond donors (Lipinski definition) is 1. The highest BCUT2D eigenvalue weighted by Crippen LogP contribution is 2.16. The predicted molar refractivity (Wildman–Crippen MR) is 67.2 cm³/mol. The van der Waals surface area contributed by atoms with Crippen LogP contribution in [-0.2, 0) is 4.79 Å². The Hall–Kier alpha value is -2.42. The normalized spacial score (nSPS) is 8.94. The third kappa shape index (κ3) is 3.57. The van der Waals surface area contributed by atoms with Crippen LogP contribution in [0.1, 0.15) is 10.4 Å². The Bertz CT molecular complexity index is 539. The summed E-state index contributed by atoms with van der Waals surface area (Å²) in [5.74, 6) is -0.981. The molecule has 0 atom stereocenters. The van der Waals surface area contributed by atoms with Crippen molar-refractivity contribution in [2.75, 3.05) is 0 Å². The minimum absolute atomic E-state index is 0.758. The molecule has 86 valence electrons. The van der Waals surface area contributed by atoms with Crippen LogP contribution in [0.15, 0.2) is 55.1 Å². The quantitative estimate of drug-likeness (QED) is 0.635. The van der Waals surface area contributed by atoms with Gasteiger partial charge in [-0.05, 0) is 10.8 Å². The molecule has 0 amide bonds. The van der Waals surface area contributed by atoms with Crippen LogP contribution in [0.3, 0.4) is 0 Å². The molecular weight excluding hydrogens is 216 g/mol. The van der Waals surface area contributed by atoms with Crippen LogP contribution in [0.4, 0.5) is 0 Å². The molecule has 3 heteroatoms. The van der Waals surface area contributed by atoms with E-state index in [0.29, 0.717) is 0 Å². The largest absolute Gasteiger partial charge is 0.478 e. The average molecular weight is 228 g/mol. The number of benzene rings is 2. The van der Waals surface area contributed by atoms with Gasteiger partial charge in [0.15, 0.2) is 6.29 Å². The lowest BCUT2D eigenvalue weighted by molar-refractivity contribution is -0.131. The molecule has 0 heterocycles. The minimum Gasteiger partial charge on any atom is -0.478 e.